The van der Waals surface area contributed by atoms with E-state index in [0.29, 0.717) is 5.58 Å². The van der Waals surface area contributed by atoms with Gasteiger partial charge in [-0.3, -0.25) is 9.38 Å². The Morgan fingerprint density at radius 3 is 2.58 bits per heavy atom. The molecule has 0 saturated heterocycles. The fraction of sp³-hybridized carbons (Fsp3) is 0.0500. The summed E-state index contributed by atoms with van der Waals surface area (Å²) >= 11 is 0. The summed E-state index contributed by atoms with van der Waals surface area (Å²) < 4.78 is 7.41. The quantitative estimate of drug-likeness (QED) is 0.513. The SMILES string of the molecule is C.Nc1nc2cc(-c3ccc4ncc(-c5ccncc5)n4c3)ccc2o1. The summed E-state index contributed by atoms with van der Waals surface area (Å²) in [5.74, 6) is 0. The minimum absolute atomic E-state index is 0. The van der Waals surface area contributed by atoms with Gasteiger partial charge in [0.1, 0.15) is 11.2 Å². The van der Waals surface area contributed by atoms with E-state index < -0.39 is 0 Å². The van der Waals surface area contributed by atoms with Gasteiger partial charge in [-0.1, -0.05) is 13.5 Å². The maximum absolute atomic E-state index is 5.63. The highest BCUT2D eigenvalue weighted by Crippen LogP contribution is 2.27. The van der Waals surface area contributed by atoms with E-state index in [4.69, 9.17) is 10.2 Å². The molecule has 5 aromatic rings. The van der Waals surface area contributed by atoms with Gasteiger partial charge < -0.3 is 10.2 Å². The van der Waals surface area contributed by atoms with Gasteiger partial charge in [-0.05, 0) is 47.5 Å². The highest BCUT2D eigenvalue weighted by molar-refractivity contribution is 5.81. The maximum Gasteiger partial charge on any atom is 0.292 e. The van der Waals surface area contributed by atoms with Gasteiger partial charge in [0.25, 0.3) is 6.01 Å². The van der Waals surface area contributed by atoms with Crippen molar-refractivity contribution in [3.8, 4) is 22.4 Å². The molecule has 0 unspecified atom stereocenters. The van der Waals surface area contributed by atoms with Crippen molar-refractivity contribution < 1.29 is 4.42 Å². The highest BCUT2D eigenvalue weighted by Gasteiger charge is 2.09. The minimum atomic E-state index is 0. The minimum Gasteiger partial charge on any atom is -0.424 e. The molecule has 2 N–H and O–H groups in total. The van der Waals surface area contributed by atoms with E-state index in [1.54, 1.807) is 12.4 Å². The van der Waals surface area contributed by atoms with Crippen molar-refractivity contribution in [2.75, 3.05) is 5.73 Å². The Morgan fingerprint density at radius 1 is 0.923 bits per heavy atom. The number of oxazole rings is 1. The summed E-state index contributed by atoms with van der Waals surface area (Å²) in [6.07, 6.45) is 7.50. The summed E-state index contributed by atoms with van der Waals surface area (Å²) in [5, 5.41) is 0. The molecule has 4 heterocycles. The van der Waals surface area contributed by atoms with Crippen molar-refractivity contribution in [3.05, 3.63) is 67.3 Å². The molecule has 26 heavy (non-hydrogen) atoms. The molecule has 0 aliphatic heterocycles. The third-order valence-electron chi connectivity index (χ3n) is 4.22. The van der Waals surface area contributed by atoms with Crippen LogP contribution in [0.25, 0.3) is 39.1 Å². The van der Waals surface area contributed by atoms with Gasteiger partial charge in [0.05, 0.1) is 11.9 Å². The van der Waals surface area contributed by atoms with Gasteiger partial charge in [0, 0.05) is 24.2 Å². The predicted molar refractivity (Wildman–Crippen MR) is 103 cm³/mol. The number of anilines is 1. The molecule has 6 heteroatoms. The Hall–Kier alpha value is -3.67. The van der Waals surface area contributed by atoms with Gasteiger partial charge in [-0.25, -0.2) is 4.98 Å². The van der Waals surface area contributed by atoms with Crippen LogP contribution in [0.3, 0.4) is 0 Å². The first-order valence-electron chi connectivity index (χ1n) is 7.82. The zero-order chi connectivity index (χ0) is 16.8. The molecule has 1 aromatic carbocycles. The monoisotopic (exact) mass is 343 g/mol. The van der Waals surface area contributed by atoms with Gasteiger partial charge in [-0.2, -0.15) is 4.98 Å². The van der Waals surface area contributed by atoms with Crippen LogP contribution >= 0.6 is 0 Å². The number of imidazole rings is 1. The van der Waals surface area contributed by atoms with Crippen LogP contribution in [0.1, 0.15) is 7.43 Å². The first kappa shape index (κ1) is 15.8. The molecule has 5 rings (SSSR count). The second-order valence-corrected chi connectivity index (χ2v) is 5.76. The molecule has 0 aliphatic carbocycles. The fourth-order valence-electron chi connectivity index (χ4n) is 3.01. The average molecular weight is 343 g/mol. The molecule has 0 spiro atoms. The Morgan fingerprint density at radius 2 is 1.73 bits per heavy atom. The Balaban J connectivity index is 0.00000168. The predicted octanol–water partition coefficient (Wildman–Crippen LogP) is 4.42. The number of benzene rings is 1. The third-order valence-corrected chi connectivity index (χ3v) is 4.22. The van der Waals surface area contributed by atoms with Gasteiger partial charge in [0.2, 0.25) is 0 Å². The first-order valence-corrected chi connectivity index (χ1v) is 7.82. The van der Waals surface area contributed by atoms with Crippen molar-refractivity contribution in [2.45, 2.75) is 7.43 Å². The molecule has 6 nitrogen and oxygen atoms in total. The lowest BCUT2D eigenvalue weighted by Gasteiger charge is -2.06. The zero-order valence-corrected chi connectivity index (χ0v) is 13.1. The second-order valence-electron chi connectivity index (χ2n) is 5.76. The Kier molecular flexibility index (Phi) is 3.65. The van der Waals surface area contributed by atoms with Crippen molar-refractivity contribution in [2.24, 2.45) is 0 Å². The van der Waals surface area contributed by atoms with E-state index in [2.05, 4.69) is 25.5 Å². The lowest BCUT2D eigenvalue weighted by atomic mass is 10.1. The van der Waals surface area contributed by atoms with Crippen molar-refractivity contribution in [1.82, 2.24) is 19.4 Å². The van der Waals surface area contributed by atoms with Crippen molar-refractivity contribution in [3.63, 3.8) is 0 Å². The molecule has 0 amide bonds. The van der Waals surface area contributed by atoms with E-state index in [1.807, 2.05) is 48.7 Å². The molecule has 0 saturated carbocycles. The van der Waals surface area contributed by atoms with Crippen LogP contribution in [0, 0.1) is 0 Å². The van der Waals surface area contributed by atoms with Crippen molar-refractivity contribution in [1.29, 1.82) is 0 Å². The summed E-state index contributed by atoms with van der Waals surface area (Å²) in [6, 6.07) is 14.0. The van der Waals surface area contributed by atoms with Gasteiger partial charge >= 0.3 is 0 Å². The molecule has 4 aromatic heterocycles. The summed E-state index contributed by atoms with van der Waals surface area (Å²) in [7, 11) is 0. The number of rotatable bonds is 2. The average Bonchev–Trinajstić information content (AvgIpc) is 3.23. The second kappa shape index (κ2) is 6.00. The van der Waals surface area contributed by atoms with Crippen LogP contribution in [0.4, 0.5) is 6.01 Å². The topological polar surface area (TPSA) is 82.2 Å². The smallest absolute Gasteiger partial charge is 0.292 e. The largest absolute Gasteiger partial charge is 0.424 e. The van der Waals surface area contributed by atoms with E-state index in [1.165, 1.54) is 0 Å². The van der Waals surface area contributed by atoms with Gasteiger partial charge in [0.15, 0.2) is 5.58 Å². The first-order chi connectivity index (χ1) is 12.3. The standard InChI is InChI=1S/C19H13N5O.CH4/c20-19-23-15-9-13(1-3-17(15)25-19)14-2-4-18-22-10-16(24(18)11-14)12-5-7-21-8-6-12;/h1-11H,(H2,20,23);1H4. The number of hydrogen-bond acceptors (Lipinski definition) is 5. The number of fused-ring (bicyclic) bond motifs is 2. The number of pyridine rings is 2. The summed E-state index contributed by atoms with van der Waals surface area (Å²) in [4.78, 5) is 12.8. The lowest BCUT2D eigenvalue weighted by molar-refractivity contribution is 0.626. The van der Waals surface area contributed by atoms with E-state index in [-0.39, 0.29) is 13.4 Å². The summed E-state index contributed by atoms with van der Waals surface area (Å²) in [5.41, 5.74) is 12.1. The molecule has 0 aliphatic rings. The molecule has 0 radical (unpaired) electrons. The lowest BCUT2D eigenvalue weighted by Crippen LogP contribution is -1.90. The van der Waals surface area contributed by atoms with Crippen LogP contribution < -0.4 is 5.73 Å². The number of aromatic nitrogens is 4. The van der Waals surface area contributed by atoms with Crippen LogP contribution in [-0.4, -0.2) is 19.4 Å². The zero-order valence-electron chi connectivity index (χ0n) is 13.1. The van der Waals surface area contributed by atoms with Crippen LogP contribution in [0.15, 0.2) is 71.7 Å². The molecular formula is C20H17N5O. The molecule has 128 valence electrons. The Labute approximate surface area is 150 Å². The fourth-order valence-corrected chi connectivity index (χ4v) is 3.01. The molecule has 0 bridgehead atoms. The van der Waals surface area contributed by atoms with Crippen LogP contribution in [0.2, 0.25) is 0 Å². The summed E-state index contributed by atoms with van der Waals surface area (Å²) in [6.45, 7) is 0. The Bertz CT molecular complexity index is 1210. The molecule has 0 atom stereocenters. The number of nitrogens with zero attached hydrogens (tertiary/aromatic N) is 4. The normalized spacial score (nSPS) is 10.9. The maximum atomic E-state index is 5.63. The van der Waals surface area contributed by atoms with Crippen molar-refractivity contribution >= 4 is 22.8 Å². The highest BCUT2D eigenvalue weighted by atomic mass is 16.4. The van der Waals surface area contributed by atoms with E-state index in [9.17, 15) is 0 Å². The van der Waals surface area contributed by atoms with Crippen LogP contribution in [-0.2, 0) is 0 Å². The van der Waals surface area contributed by atoms with Crippen LogP contribution in [0.5, 0.6) is 0 Å². The van der Waals surface area contributed by atoms with E-state index in [0.717, 1.165) is 33.5 Å². The van der Waals surface area contributed by atoms with E-state index >= 15 is 0 Å². The number of nitrogens with two attached hydrogens (primary N) is 1. The number of nitrogen functional groups attached to an aromatic ring is 1. The molecule has 0 fully saturated rings. The third kappa shape index (κ3) is 2.48. The van der Waals surface area contributed by atoms with Gasteiger partial charge in [-0.15, -0.1) is 0 Å². The number of hydrogen-bond donors (Lipinski definition) is 1. The molecular weight excluding hydrogens is 326 g/mol.